The number of aliphatic imine (C=N–C) groups is 2. The number of rotatable bonds is 7. The van der Waals surface area contributed by atoms with Gasteiger partial charge in [-0.3, -0.25) is 5.41 Å². The molecule has 6 rings (SSSR count). The summed E-state index contributed by atoms with van der Waals surface area (Å²) >= 11 is 0. The highest BCUT2D eigenvalue weighted by molar-refractivity contribution is 6.14. The molecule has 1 heterocycles. The molecule has 1 N–H and O–H groups in total. The van der Waals surface area contributed by atoms with E-state index < -0.39 is 0 Å². The van der Waals surface area contributed by atoms with Crippen molar-refractivity contribution in [3.05, 3.63) is 162 Å². The van der Waals surface area contributed by atoms with Gasteiger partial charge in [0.05, 0.1) is 11.2 Å². The summed E-state index contributed by atoms with van der Waals surface area (Å²) in [6.45, 7) is 5.89. The van der Waals surface area contributed by atoms with Gasteiger partial charge in [-0.2, -0.15) is 0 Å². The number of pyridine rings is 1. The predicted octanol–water partition coefficient (Wildman–Crippen LogP) is 11.1. The minimum Gasteiger partial charge on any atom is -0.283 e. The topological polar surface area (TPSA) is 61.5 Å². The van der Waals surface area contributed by atoms with Crippen molar-refractivity contribution in [1.82, 2.24) is 4.98 Å². The van der Waals surface area contributed by atoms with Crippen molar-refractivity contribution < 1.29 is 0 Å². The van der Waals surface area contributed by atoms with Crippen LogP contribution in [0, 0.1) is 11.3 Å². The third-order valence-electron chi connectivity index (χ3n) is 8.23. The summed E-state index contributed by atoms with van der Waals surface area (Å²) in [5, 5.41) is 14.5. The Kier molecular flexibility index (Phi) is 9.69. The number of allylic oxidation sites excluding steroid dienone is 9. The number of hydrogen-bond acceptors (Lipinski definition) is 2. The van der Waals surface area contributed by atoms with Gasteiger partial charge >= 0.3 is 0 Å². The maximum Gasteiger partial charge on any atom is 0.149 e. The van der Waals surface area contributed by atoms with Gasteiger partial charge in [0.15, 0.2) is 0 Å². The van der Waals surface area contributed by atoms with Crippen molar-refractivity contribution in [2.24, 2.45) is 15.9 Å². The number of nitrogens with one attached hydrogen (secondary N) is 1. The van der Waals surface area contributed by atoms with Crippen molar-refractivity contribution in [1.29, 1.82) is 5.41 Å². The van der Waals surface area contributed by atoms with Gasteiger partial charge in [0.1, 0.15) is 11.7 Å². The number of hydrogen-bond donors (Lipinski definition) is 1. The van der Waals surface area contributed by atoms with Crippen LogP contribution in [0.1, 0.15) is 44.0 Å². The average molecular weight is 611 g/mol. The summed E-state index contributed by atoms with van der Waals surface area (Å²) in [4.78, 5) is 15.0. The molecular formula is C43H38N4. The molecule has 4 nitrogen and oxygen atoms in total. The fourth-order valence-corrected chi connectivity index (χ4v) is 5.74. The molecule has 1 aliphatic rings. The van der Waals surface area contributed by atoms with Crippen molar-refractivity contribution in [2.45, 2.75) is 27.2 Å². The Hall–Kier alpha value is -5.74. The molecule has 5 aromatic rings. The van der Waals surface area contributed by atoms with E-state index in [9.17, 15) is 0 Å². The fourth-order valence-electron chi connectivity index (χ4n) is 5.74. The van der Waals surface area contributed by atoms with Crippen LogP contribution in [0.3, 0.4) is 0 Å². The minimum atomic E-state index is -0.128. The maximum atomic E-state index is 8.74. The number of benzene rings is 4. The molecule has 230 valence electrons. The van der Waals surface area contributed by atoms with Crippen LogP contribution in [0.15, 0.2) is 155 Å². The average Bonchev–Trinajstić information content (AvgIpc) is 3.11. The van der Waals surface area contributed by atoms with Crippen LogP contribution in [0.5, 0.6) is 0 Å². The molecule has 0 spiro atoms. The van der Waals surface area contributed by atoms with Crippen molar-refractivity contribution in [3.8, 4) is 0 Å². The molecule has 1 unspecified atom stereocenters. The summed E-state index contributed by atoms with van der Waals surface area (Å²) in [6.07, 6.45) is 23.2. The van der Waals surface area contributed by atoms with E-state index in [1.54, 1.807) is 0 Å². The van der Waals surface area contributed by atoms with E-state index in [-0.39, 0.29) is 11.8 Å². The fraction of sp³-hybridized carbons (Fsp3) is 0.116. The first-order valence-corrected chi connectivity index (χ1v) is 16.0. The lowest BCUT2D eigenvalue weighted by Gasteiger charge is -2.19. The van der Waals surface area contributed by atoms with E-state index >= 15 is 0 Å². The Bertz CT molecular complexity index is 2210. The molecular weight excluding hydrogens is 573 g/mol. The second-order valence-electron chi connectivity index (χ2n) is 11.6. The van der Waals surface area contributed by atoms with Crippen LogP contribution in [0.2, 0.25) is 0 Å². The molecule has 0 saturated carbocycles. The van der Waals surface area contributed by atoms with Gasteiger partial charge in [0, 0.05) is 22.9 Å². The Balaban J connectivity index is 1.50. The van der Waals surface area contributed by atoms with Gasteiger partial charge in [0.25, 0.3) is 0 Å². The lowest BCUT2D eigenvalue weighted by molar-refractivity contribution is 0.863. The van der Waals surface area contributed by atoms with Crippen molar-refractivity contribution >= 4 is 62.0 Å². The van der Waals surface area contributed by atoms with E-state index in [1.165, 1.54) is 5.39 Å². The molecule has 4 aromatic carbocycles. The van der Waals surface area contributed by atoms with Crippen molar-refractivity contribution in [2.75, 3.05) is 0 Å². The third kappa shape index (κ3) is 7.23. The molecule has 1 aliphatic carbocycles. The van der Waals surface area contributed by atoms with Gasteiger partial charge < -0.3 is 0 Å². The Morgan fingerprint density at radius 2 is 1.57 bits per heavy atom. The molecule has 0 aliphatic heterocycles. The second-order valence-corrected chi connectivity index (χ2v) is 11.6. The molecule has 0 saturated heterocycles. The summed E-state index contributed by atoms with van der Waals surface area (Å²) in [5.41, 5.74) is 5.81. The van der Waals surface area contributed by atoms with E-state index in [0.717, 1.165) is 61.4 Å². The van der Waals surface area contributed by atoms with Gasteiger partial charge in [-0.1, -0.05) is 127 Å². The highest BCUT2D eigenvalue weighted by Gasteiger charge is 2.20. The highest BCUT2D eigenvalue weighted by Crippen LogP contribution is 2.36. The zero-order valence-corrected chi connectivity index (χ0v) is 27.1. The summed E-state index contributed by atoms with van der Waals surface area (Å²) in [7, 11) is 0. The minimum absolute atomic E-state index is 0.128. The molecule has 0 radical (unpaired) electrons. The van der Waals surface area contributed by atoms with Crippen LogP contribution in [0.25, 0.3) is 44.1 Å². The van der Waals surface area contributed by atoms with Crippen LogP contribution >= 0.6 is 0 Å². The lowest BCUT2D eigenvalue weighted by atomic mass is 9.90. The SMILES string of the molecule is C/C=C\C=C/c1ccc2c(C3=CC(C(N=Cc4ccccc4)=NC(=N)/C(C)=C/C=C\C)CC=C3)nc3cc4ccccc4cc3c2c1. The molecule has 0 amide bonds. The van der Waals surface area contributed by atoms with E-state index in [4.69, 9.17) is 20.4 Å². The van der Waals surface area contributed by atoms with Gasteiger partial charge in [0.2, 0.25) is 0 Å². The normalized spacial score (nSPS) is 16.1. The van der Waals surface area contributed by atoms with Gasteiger partial charge in [-0.15, -0.1) is 0 Å². The predicted molar refractivity (Wildman–Crippen MR) is 204 cm³/mol. The zero-order valence-electron chi connectivity index (χ0n) is 27.1. The molecule has 4 heteroatoms. The number of nitrogens with zero attached hydrogens (tertiary/aromatic N) is 3. The van der Waals surface area contributed by atoms with Crippen molar-refractivity contribution in [3.63, 3.8) is 0 Å². The van der Waals surface area contributed by atoms with E-state index in [0.29, 0.717) is 5.84 Å². The first kappa shape index (κ1) is 31.3. The van der Waals surface area contributed by atoms with E-state index in [1.807, 2.05) is 87.7 Å². The lowest BCUT2D eigenvalue weighted by Crippen LogP contribution is -2.15. The molecule has 1 aromatic heterocycles. The molecule has 0 bridgehead atoms. The van der Waals surface area contributed by atoms with Gasteiger partial charge in [-0.05, 0) is 83.8 Å². The zero-order chi connectivity index (χ0) is 32.6. The largest absolute Gasteiger partial charge is 0.283 e. The molecule has 47 heavy (non-hydrogen) atoms. The van der Waals surface area contributed by atoms with Gasteiger partial charge in [-0.25, -0.2) is 15.0 Å². The van der Waals surface area contributed by atoms with Crippen LogP contribution < -0.4 is 0 Å². The number of aromatic nitrogens is 1. The van der Waals surface area contributed by atoms with Crippen LogP contribution in [0.4, 0.5) is 0 Å². The third-order valence-corrected chi connectivity index (χ3v) is 8.23. The first-order valence-electron chi connectivity index (χ1n) is 16.0. The second kappa shape index (κ2) is 14.6. The number of fused-ring (bicyclic) bond motifs is 4. The van der Waals surface area contributed by atoms with E-state index in [2.05, 4.69) is 85.0 Å². The van der Waals surface area contributed by atoms with Crippen LogP contribution in [-0.2, 0) is 0 Å². The smallest absolute Gasteiger partial charge is 0.149 e. The Morgan fingerprint density at radius 1 is 0.809 bits per heavy atom. The Morgan fingerprint density at radius 3 is 2.36 bits per heavy atom. The molecule has 0 fully saturated rings. The summed E-state index contributed by atoms with van der Waals surface area (Å²) in [6, 6.07) is 29.5. The monoisotopic (exact) mass is 610 g/mol. The van der Waals surface area contributed by atoms with Crippen LogP contribution in [-0.4, -0.2) is 22.9 Å². The standard InChI is InChI=1S/C43H38N4/c1-4-6-9-16-31-23-24-37-38(25-31)39-27-33-19-12-13-20-34(33)28-40(39)46-41(37)35-21-14-22-36(26-35)43(45-29-32-17-10-8-11-18-32)47-42(44)30(3)15-7-5-2/h4-21,23-29,36,44H,22H2,1-3H3/b6-4-,7-5-,16-9-,30-15+,44-42?,45-29?,47-43?. The summed E-state index contributed by atoms with van der Waals surface area (Å²) < 4.78 is 0. The number of amidine groups is 2. The molecule has 1 atom stereocenters. The highest BCUT2D eigenvalue weighted by atomic mass is 15.0. The Labute approximate surface area is 276 Å². The summed E-state index contributed by atoms with van der Waals surface area (Å²) in [5.74, 6) is 0.672. The quantitative estimate of drug-likeness (QED) is 0.0644. The maximum absolute atomic E-state index is 8.74. The first-order chi connectivity index (χ1) is 23.0.